The number of hydrogen-bond donors (Lipinski definition) is 1. The zero-order valence-electron chi connectivity index (χ0n) is 16.8. The predicted molar refractivity (Wildman–Crippen MR) is 120 cm³/mol. The Morgan fingerprint density at radius 1 is 1.19 bits per heavy atom. The van der Waals surface area contributed by atoms with Crippen LogP contribution in [0, 0.1) is 5.92 Å². The molecule has 0 spiro atoms. The summed E-state index contributed by atoms with van der Waals surface area (Å²) in [5, 5.41) is 7.59. The number of aromatic nitrogens is 1. The molecule has 0 aliphatic carbocycles. The van der Waals surface area contributed by atoms with Gasteiger partial charge < -0.3 is 19.6 Å². The molecule has 0 saturated carbocycles. The SMILES string of the molecule is CCN1CCC(CCNC(=NC)N2CCN(Cc3ccon3)CC2)CC1.I. The molecule has 0 unspecified atom stereocenters. The van der Waals surface area contributed by atoms with E-state index in [0.717, 1.165) is 56.8 Å². The summed E-state index contributed by atoms with van der Waals surface area (Å²) in [4.78, 5) is 11.8. The maximum Gasteiger partial charge on any atom is 0.193 e. The van der Waals surface area contributed by atoms with E-state index in [9.17, 15) is 0 Å². The van der Waals surface area contributed by atoms with Crippen LogP contribution in [0.4, 0.5) is 0 Å². The summed E-state index contributed by atoms with van der Waals surface area (Å²) < 4.78 is 4.92. The molecule has 1 N–H and O–H groups in total. The van der Waals surface area contributed by atoms with Gasteiger partial charge in [0.1, 0.15) is 6.26 Å². The Kier molecular flexibility index (Phi) is 9.84. The Morgan fingerprint density at radius 2 is 1.93 bits per heavy atom. The molecule has 0 aromatic carbocycles. The molecule has 2 aliphatic heterocycles. The van der Waals surface area contributed by atoms with Crippen molar-refractivity contribution in [3.63, 3.8) is 0 Å². The summed E-state index contributed by atoms with van der Waals surface area (Å²) in [5.74, 6) is 1.92. The van der Waals surface area contributed by atoms with Crippen molar-refractivity contribution in [2.45, 2.75) is 32.7 Å². The summed E-state index contributed by atoms with van der Waals surface area (Å²) in [6.07, 6.45) is 5.58. The van der Waals surface area contributed by atoms with Gasteiger partial charge in [-0.15, -0.1) is 24.0 Å². The number of nitrogens with one attached hydrogen (secondary N) is 1. The lowest BCUT2D eigenvalue weighted by molar-refractivity contribution is 0.168. The van der Waals surface area contributed by atoms with Gasteiger partial charge in [-0.25, -0.2) is 0 Å². The van der Waals surface area contributed by atoms with E-state index in [2.05, 4.69) is 37.1 Å². The first kappa shape index (κ1) is 22.4. The van der Waals surface area contributed by atoms with Crippen LogP contribution in [0.15, 0.2) is 21.8 Å². The zero-order chi connectivity index (χ0) is 18.2. The Bertz CT molecular complexity index is 536. The molecule has 8 heteroatoms. The van der Waals surface area contributed by atoms with Gasteiger partial charge in [0, 0.05) is 52.4 Å². The predicted octanol–water partition coefficient (Wildman–Crippen LogP) is 2.11. The Morgan fingerprint density at radius 3 is 2.52 bits per heavy atom. The second kappa shape index (κ2) is 11.9. The molecule has 2 saturated heterocycles. The molecule has 0 bridgehead atoms. The van der Waals surface area contributed by atoms with Gasteiger partial charge in [0.15, 0.2) is 5.96 Å². The van der Waals surface area contributed by atoms with Crippen LogP contribution in [0.1, 0.15) is 31.9 Å². The van der Waals surface area contributed by atoms with E-state index in [1.165, 1.54) is 38.9 Å². The average molecular weight is 490 g/mol. The highest BCUT2D eigenvalue weighted by atomic mass is 127. The molecule has 2 aliphatic rings. The topological polar surface area (TPSA) is 60.1 Å². The summed E-state index contributed by atoms with van der Waals surface area (Å²) >= 11 is 0. The minimum absolute atomic E-state index is 0. The number of rotatable bonds is 6. The standard InChI is InChI=1S/C19H34N6O.HI/c1-3-23-9-5-17(6-10-23)4-8-21-19(20-2)25-13-11-24(12-14-25)16-18-7-15-26-22-18;/h7,15,17H,3-6,8-14,16H2,1-2H3,(H,20,21);1H. The van der Waals surface area contributed by atoms with Crippen molar-refractivity contribution in [2.75, 3.05) is 59.4 Å². The van der Waals surface area contributed by atoms with Gasteiger partial charge in [0.25, 0.3) is 0 Å². The summed E-state index contributed by atoms with van der Waals surface area (Å²) in [6.45, 7) is 12.0. The molecule has 7 nitrogen and oxygen atoms in total. The molecule has 1 aromatic heterocycles. The molecule has 3 rings (SSSR count). The minimum atomic E-state index is 0. The van der Waals surface area contributed by atoms with Crippen LogP contribution in [-0.2, 0) is 6.54 Å². The van der Waals surface area contributed by atoms with E-state index in [-0.39, 0.29) is 24.0 Å². The summed E-state index contributed by atoms with van der Waals surface area (Å²) in [6, 6.07) is 1.94. The molecule has 27 heavy (non-hydrogen) atoms. The molecule has 0 radical (unpaired) electrons. The van der Waals surface area contributed by atoms with E-state index in [1.54, 1.807) is 6.26 Å². The zero-order valence-corrected chi connectivity index (χ0v) is 19.1. The van der Waals surface area contributed by atoms with Gasteiger partial charge in [-0.3, -0.25) is 9.89 Å². The molecular weight excluding hydrogens is 455 g/mol. The largest absolute Gasteiger partial charge is 0.364 e. The monoisotopic (exact) mass is 490 g/mol. The number of aliphatic imine (C=N–C) groups is 1. The van der Waals surface area contributed by atoms with Gasteiger partial charge in [-0.1, -0.05) is 12.1 Å². The molecule has 1 aromatic rings. The van der Waals surface area contributed by atoms with Crippen molar-refractivity contribution in [2.24, 2.45) is 10.9 Å². The number of likely N-dealkylation sites (tertiary alicyclic amines) is 1. The lowest BCUT2D eigenvalue weighted by atomic mass is 9.93. The van der Waals surface area contributed by atoms with Gasteiger partial charge in [-0.05, 0) is 44.8 Å². The van der Waals surface area contributed by atoms with Gasteiger partial charge >= 0.3 is 0 Å². The van der Waals surface area contributed by atoms with Crippen molar-refractivity contribution in [3.8, 4) is 0 Å². The van der Waals surface area contributed by atoms with Crippen LogP contribution in [0.25, 0.3) is 0 Å². The van der Waals surface area contributed by atoms with Crippen molar-refractivity contribution >= 4 is 29.9 Å². The van der Waals surface area contributed by atoms with E-state index in [1.807, 2.05) is 13.1 Å². The highest BCUT2D eigenvalue weighted by Gasteiger charge is 2.21. The Labute approximate surface area is 180 Å². The normalized spacial score (nSPS) is 20.5. The summed E-state index contributed by atoms with van der Waals surface area (Å²) in [7, 11) is 1.89. The highest BCUT2D eigenvalue weighted by molar-refractivity contribution is 14.0. The van der Waals surface area contributed by atoms with E-state index < -0.39 is 0 Å². The van der Waals surface area contributed by atoms with Crippen molar-refractivity contribution in [1.82, 2.24) is 25.2 Å². The number of halogens is 1. The van der Waals surface area contributed by atoms with Crippen molar-refractivity contribution in [3.05, 3.63) is 18.0 Å². The highest BCUT2D eigenvalue weighted by Crippen LogP contribution is 2.19. The van der Waals surface area contributed by atoms with Crippen LogP contribution in [0.3, 0.4) is 0 Å². The van der Waals surface area contributed by atoms with Crippen LogP contribution in [-0.4, -0.2) is 85.2 Å². The Balaban J connectivity index is 0.00000261. The number of guanidine groups is 1. The third kappa shape index (κ3) is 6.90. The fourth-order valence-corrected chi connectivity index (χ4v) is 3.98. The van der Waals surface area contributed by atoms with Gasteiger partial charge in [-0.2, -0.15) is 0 Å². The van der Waals surface area contributed by atoms with Gasteiger partial charge in [0.05, 0.1) is 5.69 Å². The molecule has 3 heterocycles. The fraction of sp³-hybridized carbons (Fsp3) is 0.789. The summed E-state index contributed by atoms with van der Waals surface area (Å²) in [5.41, 5.74) is 1.01. The second-order valence-electron chi connectivity index (χ2n) is 7.39. The fourth-order valence-electron chi connectivity index (χ4n) is 3.98. The third-order valence-electron chi connectivity index (χ3n) is 5.75. The molecule has 2 fully saturated rings. The first-order valence-electron chi connectivity index (χ1n) is 10.1. The third-order valence-corrected chi connectivity index (χ3v) is 5.75. The Hall–Kier alpha value is -0.870. The lowest BCUT2D eigenvalue weighted by Gasteiger charge is -2.36. The molecular formula is C19H35IN6O. The number of nitrogens with zero attached hydrogens (tertiary/aromatic N) is 5. The molecule has 0 atom stereocenters. The number of piperazine rings is 1. The van der Waals surface area contributed by atoms with Crippen LogP contribution < -0.4 is 5.32 Å². The average Bonchev–Trinajstić information content (AvgIpc) is 3.20. The van der Waals surface area contributed by atoms with Crippen LogP contribution in [0.5, 0.6) is 0 Å². The second-order valence-corrected chi connectivity index (χ2v) is 7.39. The van der Waals surface area contributed by atoms with Crippen LogP contribution >= 0.6 is 24.0 Å². The quantitative estimate of drug-likeness (QED) is 0.375. The van der Waals surface area contributed by atoms with Crippen LogP contribution in [0.2, 0.25) is 0 Å². The number of hydrogen-bond acceptors (Lipinski definition) is 5. The smallest absolute Gasteiger partial charge is 0.193 e. The maximum atomic E-state index is 4.92. The van der Waals surface area contributed by atoms with Crippen molar-refractivity contribution < 1.29 is 4.52 Å². The number of piperidine rings is 1. The van der Waals surface area contributed by atoms with E-state index >= 15 is 0 Å². The molecule has 0 amide bonds. The van der Waals surface area contributed by atoms with E-state index in [0.29, 0.717) is 0 Å². The first-order valence-corrected chi connectivity index (χ1v) is 10.1. The maximum absolute atomic E-state index is 4.92. The lowest BCUT2D eigenvalue weighted by Crippen LogP contribution is -2.52. The first-order chi connectivity index (χ1) is 12.8. The van der Waals surface area contributed by atoms with Gasteiger partial charge in [0.2, 0.25) is 0 Å². The minimum Gasteiger partial charge on any atom is -0.364 e. The van der Waals surface area contributed by atoms with Crippen molar-refractivity contribution in [1.29, 1.82) is 0 Å². The van der Waals surface area contributed by atoms with E-state index in [4.69, 9.17) is 4.52 Å². The molecule has 154 valence electrons.